The van der Waals surface area contributed by atoms with Crippen LogP contribution in [-0.4, -0.2) is 6.04 Å². The van der Waals surface area contributed by atoms with Crippen molar-refractivity contribution in [2.45, 2.75) is 52.5 Å². The van der Waals surface area contributed by atoms with Gasteiger partial charge in [-0.2, -0.15) is 0 Å². The zero-order valence-corrected chi connectivity index (χ0v) is 17.1. The zero-order chi connectivity index (χ0) is 19.2. The molecule has 3 aromatic rings. The molecule has 3 aromatic carbocycles. The van der Waals surface area contributed by atoms with Crippen LogP contribution < -0.4 is 4.90 Å². The van der Waals surface area contributed by atoms with Gasteiger partial charge in [-0.15, -0.1) is 0 Å². The number of nitrogens with zero attached hydrogens (tertiary/aromatic N) is 1. The molecule has 0 fully saturated rings. The van der Waals surface area contributed by atoms with Gasteiger partial charge in [0.1, 0.15) is 0 Å². The predicted molar refractivity (Wildman–Crippen MR) is 117 cm³/mol. The van der Waals surface area contributed by atoms with E-state index in [4.69, 9.17) is 0 Å². The molecule has 0 spiro atoms. The highest BCUT2D eigenvalue weighted by Gasteiger charge is 2.38. The van der Waals surface area contributed by atoms with E-state index in [1.165, 1.54) is 39.2 Å². The summed E-state index contributed by atoms with van der Waals surface area (Å²) in [6.45, 7) is 11.6. The van der Waals surface area contributed by atoms with Crippen molar-refractivity contribution in [1.29, 1.82) is 0 Å². The smallest absolute Gasteiger partial charge is 0.0449 e. The minimum atomic E-state index is 0.0343. The molecule has 4 rings (SSSR count). The van der Waals surface area contributed by atoms with Crippen LogP contribution in [0, 0.1) is 0 Å². The average Bonchev–Trinajstić information content (AvgIpc) is 2.90. The summed E-state index contributed by atoms with van der Waals surface area (Å²) < 4.78 is 0. The Morgan fingerprint density at radius 3 is 2.15 bits per heavy atom. The van der Waals surface area contributed by atoms with Gasteiger partial charge in [0, 0.05) is 22.8 Å². The standard InChI is InChI=1S/C26H29N/c1-6-20-24(27(18(2)3)19-12-8-7-9-13-19)17-16-22-21-14-10-11-15-23(21)26(4,5)25(20)22/h7-18H,6H2,1-5H3. The highest BCUT2D eigenvalue weighted by Crippen LogP contribution is 2.52. The minimum absolute atomic E-state index is 0.0343. The monoisotopic (exact) mass is 355 g/mol. The van der Waals surface area contributed by atoms with Gasteiger partial charge in [-0.1, -0.05) is 69.3 Å². The van der Waals surface area contributed by atoms with Gasteiger partial charge >= 0.3 is 0 Å². The zero-order valence-electron chi connectivity index (χ0n) is 17.1. The summed E-state index contributed by atoms with van der Waals surface area (Å²) in [7, 11) is 0. The molecule has 1 aliphatic rings. The number of rotatable bonds is 4. The van der Waals surface area contributed by atoms with Crippen LogP contribution in [0.15, 0.2) is 66.7 Å². The first kappa shape index (κ1) is 17.9. The third-order valence-corrected chi connectivity index (χ3v) is 5.97. The molecule has 1 nitrogen and oxygen atoms in total. The van der Waals surface area contributed by atoms with Crippen LogP contribution in [0.25, 0.3) is 11.1 Å². The van der Waals surface area contributed by atoms with Crippen molar-refractivity contribution < 1.29 is 0 Å². The van der Waals surface area contributed by atoms with Gasteiger partial charge in [0.05, 0.1) is 0 Å². The molecule has 1 heteroatoms. The number of fused-ring (bicyclic) bond motifs is 3. The number of anilines is 2. The Morgan fingerprint density at radius 2 is 1.48 bits per heavy atom. The summed E-state index contributed by atoms with van der Waals surface area (Å²) in [5, 5.41) is 0. The van der Waals surface area contributed by atoms with Crippen molar-refractivity contribution in [2.75, 3.05) is 4.90 Å². The van der Waals surface area contributed by atoms with E-state index in [1.807, 2.05) is 0 Å². The lowest BCUT2D eigenvalue weighted by Crippen LogP contribution is -2.28. The summed E-state index contributed by atoms with van der Waals surface area (Å²) >= 11 is 0. The number of hydrogen-bond donors (Lipinski definition) is 0. The maximum absolute atomic E-state index is 2.48. The van der Waals surface area contributed by atoms with Crippen molar-refractivity contribution in [2.24, 2.45) is 0 Å². The van der Waals surface area contributed by atoms with Crippen LogP contribution in [0.4, 0.5) is 11.4 Å². The highest BCUT2D eigenvalue weighted by molar-refractivity contribution is 5.85. The fourth-order valence-corrected chi connectivity index (χ4v) is 4.86. The van der Waals surface area contributed by atoms with Gasteiger partial charge in [-0.05, 0) is 66.3 Å². The second kappa shape index (κ2) is 6.56. The van der Waals surface area contributed by atoms with E-state index in [1.54, 1.807) is 0 Å². The third-order valence-electron chi connectivity index (χ3n) is 5.97. The van der Waals surface area contributed by atoms with Gasteiger partial charge < -0.3 is 4.90 Å². The van der Waals surface area contributed by atoms with Gasteiger partial charge in [0.15, 0.2) is 0 Å². The summed E-state index contributed by atoms with van der Waals surface area (Å²) in [4.78, 5) is 2.48. The molecular formula is C26H29N. The van der Waals surface area contributed by atoms with Crippen LogP contribution in [0.3, 0.4) is 0 Å². The van der Waals surface area contributed by atoms with Crippen molar-refractivity contribution in [1.82, 2.24) is 0 Å². The van der Waals surface area contributed by atoms with Crippen molar-refractivity contribution in [3.63, 3.8) is 0 Å². The topological polar surface area (TPSA) is 3.24 Å². The van der Waals surface area contributed by atoms with E-state index < -0.39 is 0 Å². The number of hydrogen-bond acceptors (Lipinski definition) is 1. The average molecular weight is 356 g/mol. The maximum Gasteiger partial charge on any atom is 0.0449 e. The predicted octanol–water partition coefficient (Wildman–Crippen LogP) is 7.10. The Hall–Kier alpha value is -2.54. The molecule has 0 N–H and O–H groups in total. The molecule has 1 aliphatic carbocycles. The molecule has 138 valence electrons. The second-order valence-electron chi connectivity index (χ2n) is 8.31. The second-order valence-corrected chi connectivity index (χ2v) is 8.31. The molecular weight excluding hydrogens is 326 g/mol. The van der Waals surface area contributed by atoms with E-state index in [0.717, 1.165) is 6.42 Å². The molecule has 0 heterocycles. The minimum Gasteiger partial charge on any atom is -0.339 e. The van der Waals surface area contributed by atoms with Crippen molar-refractivity contribution >= 4 is 11.4 Å². The van der Waals surface area contributed by atoms with Gasteiger partial charge in [0.25, 0.3) is 0 Å². The Kier molecular flexibility index (Phi) is 4.34. The summed E-state index contributed by atoms with van der Waals surface area (Å²) in [5.41, 5.74) is 9.88. The van der Waals surface area contributed by atoms with Crippen LogP contribution in [0.5, 0.6) is 0 Å². The molecule has 0 atom stereocenters. The molecule has 0 unspecified atom stereocenters. The van der Waals surface area contributed by atoms with E-state index in [9.17, 15) is 0 Å². The fraction of sp³-hybridized carbons (Fsp3) is 0.308. The number of benzene rings is 3. The highest BCUT2D eigenvalue weighted by atomic mass is 15.2. The first-order valence-electron chi connectivity index (χ1n) is 10.1. The van der Waals surface area contributed by atoms with Gasteiger partial charge in [-0.25, -0.2) is 0 Å². The Labute approximate surface area is 163 Å². The largest absolute Gasteiger partial charge is 0.339 e. The van der Waals surface area contributed by atoms with Crippen LogP contribution in [-0.2, 0) is 11.8 Å². The lowest BCUT2D eigenvalue weighted by atomic mass is 9.79. The first-order valence-corrected chi connectivity index (χ1v) is 10.1. The van der Waals surface area contributed by atoms with E-state index in [-0.39, 0.29) is 5.41 Å². The normalized spacial score (nSPS) is 14.1. The van der Waals surface area contributed by atoms with E-state index in [0.29, 0.717) is 6.04 Å². The summed E-state index contributed by atoms with van der Waals surface area (Å²) in [6.07, 6.45) is 1.03. The lowest BCUT2D eigenvalue weighted by Gasteiger charge is -2.34. The third kappa shape index (κ3) is 2.68. The Morgan fingerprint density at radius 1 is 0.815 bits per heavy atom. The molecule has 0 radical (unpaired) electrons. The number of para-hydroxylation sites is 1. The molecule has 27 heavy (non-hydrogen) atoms. The van der Waals surface area contributed by atoms with Crippen LogP contribution >= 0.6 is 0 Å². The Balaban J connectivity index is 1.97. The van der Waals surface area contributed by atoms with Gasteiger partial charge in [0.2, 0.25) is 0 Å². The summed E-state index contributed by atoms with van der Waals surface area (Å²) in [5.74, 6) is 0. The molecule has 0 bridgehead atoms. The first-order chi connectivity index (χ1) is 13.0. The van der Waals surface area contributed by atoms with E-state index in [2.05, 4.69) is 106 Å². The summed E-state index contributed by atoms with van der Waals surface area (Å²) in [6, 6.07) is 24.8. The molecule has 0 saturated carbocycles. The fourth-order valence-electron chi connectivity index (χ4n) is 4.86. The van der Waals surface area contributed by atoms with E-state index >= 15 is 0 Å². The van der Waals surface area contributed by atoms with Crippen molar-refractivity contribution in [3.05, 3.63) is 83.4 Å². The molecule has 0 saturated heterocycles. The quantitative estimate of drug-likeness (QED) is 0.482. The SMILES string of the molecule is CCc1c(N(c2ccccc2)C(C)C)ccc2c1C(C)(C)c1ccccc1-2. The molecule has 0 amide bonds. The van der Waals surface area contributed by atoms with Crippen molar-refractivity contribution in [3.8, 4) is 11.1 Å². The maximum atomic E-state index is 2.48. The molecule has 0 aliphatic heterocycles. The van der Waals surface area contributed by atoms with Gasteiger partial charge in [-0.3, -0.25) is 0 Å². The Bertz CT molecular complexity index is 967. The molecule has 0 aromatic heterocycles. The van der Waals surface area contributed by atoms with Crippen LogP contribution in [0.1, 0.15) is 51.3 Å². The van der Waals surface area contributed by atoms with Crippen LogP contribution in [0.2, 0.25) is 0 Å². The lowest BCUT2D eigenvalue weighted by molar-refractivity contribution is 0.650.